The monoisotopic (exact) mass is 98.2 g/mol. The predicted molar refractivity (Wildman–Crippen MR) is 28.6 cm³/mol. The average Bonchev–Trinajstić information content (AvgIpc) is 1.98. The lowest BCUT2D eigenvalue weighted by atomic mass is 10.2. The second-order valence-corrected chi connectivity index (χ2v) is 0.664. The van der Waals surface area contributed by atoms with E-state index in [1.807, 2.05) is 0 Å². The molecule has 1 nitrogen and oxygen atoms in total. The summed E-state index contributed by atoms with van der Waals surface area (Å²) in [6.07, 6.45) is -7.03. The fourth-order valence-corrected chi connectivity index (χ4v) is 0.0312. The van der Waals surface area contributed by atoms with E-state index in [0.717, 1.165) is 0 Å². The molecule has 2 N–H and O–H groups in total. The molecular weight excluding hydrogens is 74.1 g/mol. The van der Waals surface area contributed by atoms with Crippen LogP contribution in [0.1, 0.15) is 41.5 Å². The fourth-order valence-electron chi connectivity index (χ4n) is 0.0312. The third-order valence-corrected chi connectivity index (χ3v) is 0.269. The van der Waals surface area contributed by atoms with Crippen LogP contribution in [0.3, 0.4) is 0 Å². The summed E-state index contributed by atoms with van der Waals surface area (Å²) in [6, 6.07) is -3.45. The standard InChI is InChI=1S/C5H13N/c1-3-5(6)4-2/h5H,3-4,6H2,1-2H3/i1D3,2D3,3D2,4D2,5D. The summed E-state index contributed by atoms with van der Waals surface area (Å²) >= 11 is 0. The Labute approximate surface area is 55.0 Å². The van der Waals surface area contributed by atoms with Gasteiger partial charge in [0.15, 0.2) is 0 Å². The van der Waals surface area contributed by atoms with Gasteiger partial charge in [-0.1, -0.05) is 13.7 Å². The lowest BCUT2D eigenvalue weighted by Crippen LogP contribution is -2.16. The molecule has 0 saturated heterocycles. The van der Waals surface area contributed by atoms with Crippen molar-refractivity contribution in [2.45, 2.75) is 32.5 Å². The van der Waals surface area contributed by atoms with Crippen molar-refractivity contribution >= 4 is 0 Å². The van der Waals surface area contributed by atoms with E-state index in [4.69, 9.17) is 20.8 Å². The Hall–Kier alpha value is -0.0400. The second-order valence-electron chi connectivity index (χ2n) is 0.664. The van der Waals surface area contributed by atoms with Crippen LogP contribution in [0.15, 0.2) is 0 Å². The topological polar surface area (TPSA) is 26.0 Å². The molecule has 0 heterocycles. The molecule has 0 rings (SSSR count). The highest BCUT2D eigenvalue weighted by Crippen LogP contribution is 1.88. The van der Waals surface area contributed by atoms with Gasteiger partial charge in [0.05, 0.1) is 0 Å². The fraction of sp³-hybridized carbons (Fsp3) is 1.00. The molecule has 0 atom stereocenters. The third kappa shape index (κ3) is 2.21. The van der Waals surface area contributed by atoms with E-state index in [1.54, 1.807) is 0 Å². The van der Waals surface area contributed by atoms with Crippen LogP contribution in [-0.2, 0) is 0 Å². The molecule has 0 aromatic carbocycles. The smallest absolute Gasteiger partial charge is 0.0462 e. The van der Waals surface area contributed by atoms with E-state index in [2.05, 4.69) is 0 Å². The number of rotatable bonds is 2. The molecule has 0 aliphatic rings. The first-order chi connectivity index (χ1) is 7.00. The minimum atomic E-state index is -3.52. The lowest BCUT2D eigenvalue weighted by Gasteiger charge is -1.99. The van der Waals surface area contributed by atoms with E-state index in [-0.39, 0.29) is 0 Å². The van der Waals surface area contributed by atoms with E-state index in [9.17, 15) is 0 Å². The SMILES string of the molecule is [2H]C([2H])([2H])C([2H])([2H])C([2H])(N)C([2H])([2H])C([2H])([2H])[2H]. The molecule has 0 saturated carbocycles. The van der Waals surface area contributed by atoms with E-state index in [0.29, 0.717) is 0 Å². The van der Waals surface area contributed by atoms with Gasteiger partial charge in [-0.2, -0.15) is 0 Å². The Morgan fingerprint density at radius 1 is 2.00 bits per heavy atom. The Kier molecular flexibility index (Phi) is 0.303. The maximum atomic E-state index is 7.35. The molecule has 0 aliphatic heterocycles. The maximum Gasteiger partial charge on any atom is 0.0462 e. The predicted octanol–water partition coefficient (Wildman–Crippen LogP) is 1.13. The highest BCUT2D eigenvalue weighted by atomic mass is 14.6. The highest BCUT2D eigenvalue weighted by molar-refractivity contribution is 4.51. The van der Waals surface area contributed by atoms with Gasteiger partial charge in [-0.05, 0) is 12.7 Å². The molecule has 0 fully saturated rings. The molecule has 1 heteroatoms. The molecule has 6 heavy (non-hydrogen) atoms. The Morgan fingerprint density at radius 2 is 2.50 bits per heavy atom. The van der Waals surface area contributed by atoms with E-state index < -0.39 is 32.5 Å². The van der Waals surface area contributed by atoms with Gasteiger partial charge in [-0.15, -0.1) is 0 Å². The molecule has 0 unspecified atom stereocenters. The van der Waals surface area contributed by atoms with Crippen molar-refractivity contribution in [2.24, 2.45) is 5.73 Å². The molecule has 0 aromatic heterocycles. The lowest BCUT2D eigenvalue weighted by molar-refractivity contribution is 0.629. The van der Waals surface area contributed by atoms with Gasteiger partial charge in [-0.25, -0.2) is 0 Å². The number of hydrogen-bond donors (Lipinski definition) is 1. The van der Waals surface area contributed by atoms with Crippen molar-refractivity contribution in [3.05, 3.63) is 0 Å². The molecule has 0 aliphatic carbocycles. The molecule has 0 bridgehead atoms. The Bertz CT molecular complexity index is 255. The first kappa shape index (κ1) is 0.576. The van der Waals surface area contributed by atoms with Crippen molar-refractivity contribution in [3.8, 4) is 0 Å². The molecule has 0 radical (unpaired) electrons. The minimum absolute atomic E-state index is 3.41. The molecule has 38 valence electrons. The second kappa shape index (κ2) is 3.16. The highest BCUT2D eigenvalue weighted by Gasteiger charge is 1.88. The largest absolute Gasteiger partial charge is 0.328 e. The van der Waals surface area contributed by atoms with Gasteiger partial charge in [0.25, 0.3) is 0 Å². The van der Waals surface area contributed by atoms with Gasteiger partial charge in [-0.3, -0.25) is 0 Å². The van der Waals surface area contributed by atoms with Crippen LogP contribution in [0.5, 0.6) is 0 Å². The summed E-state index contributed by atoms with van der Waals surface area (Å²) in [5.41, 5.74) is 5.04. The Morgan fingerprint density at radius 3 is 2.83 bits per heavy atom. The van der Waals surface area contributed by atoms with E-state index >= 15 is 0 Å². The van der Waals surface area contributed by atoms with Gasteiger partial charge in [0.2, 0.25) is 0 Å². The maximum absolute atomic E-state index is 7.35. The van der Waals surface area contributed by atoms with Crippen LogP contribution < -0.4 is 5.73 Å². The molecular formula is C5H13N. The van der Waals surface area contributed by atoms with Crippen LogP contribution in [0.2, 0.25) is 0 Å². The van der Waals surface area contributed by atoms with Crippen LogP contribution in [0, 0.1) is 0 Å². The summed E-state index contributed by atoms with van der Waals surface area (Å²) in [5, 5.41) is 0. The quantitative estimate of drug-likeness (QED) is 0.550. The normalized spacial score (nSPS) is 47.8. The minimum Gasteiger partial charge on any atom is -0.328 e. The summed E-state index contributed by atoms with van der Waals surface area (Å²) in [4.78, 5) is 0. The third-order valence-electron chi connectivity index (χ3n) is 0.269. The number of nitrogens with two attached hydrogens (primary N) is 1. The zero-order valence-electron chi connectivity index (χ0n) is 14.1. The van der Waals surface area contributed by atoms with Crippen molar-refractivity contribution in [1.82, 2.24) is 0 Å². The van der Waals surface area contributed by atoms with Crippen LogP contribution in [-0.4, -0.2) is 6.02 Å². The zero-order valence-corrected chi connectivity index (χ0v) is 3.08. The van der Waals surface area contributed by atoms with Crippen LogP contribution in [0.4, 0.5) is 0 Å². The van der Waals surface area contributed by atoms with Gasteiger partial charge >= 0.3 is 0 Å². The summed E-state index contributed by atoms with van der Waals surface area (Å²) in [5.74, 6) is 0. The molecule has 0 amide bonds. The van der Waals surface area contributed by atoms with Crippen molar-refractivity contribution in [1.29, 1.82) is 0 Å². The summed E-state index contributed by atoms with van der Waals surface area (Å²) in [6.45, 7) is -6.83. The zero-order chi connectivity index (χ0) is 14.5. The van der Waals surface area contributed by atoms with Gasteiger partial charge < -0.3 is 5.73 Å². The summed E-state index contributed by atoms with van der Waals surface area (Å²) < 4.78 is 77.5. The number of hydrogen-bond acceptors (Lipinski definition) is 1. The first-order valence-corrected chi connectivity index (χ1v) is 1.29. The molecule has 0 spiro atoms. The average molecular weight is 98.2 g/mol. The van der Waals surface area contributed by atoms with Crippen LogP contribution >= 0.6 is 0 Å². The Balaban J connectivity index is 5.73. The molecule has 0 aromatic rings. The van der Waals surface area contributed by atoms with Crippen LogP contribution in [0.25, 0.3) is 0 Å². The van der Waals surface area contributed by atoms with Crippen molar-refractivity contribution < 1.29 is 15.1 Å². The van der Waals surface area contributed by atoms with Gasteiger partial charge in [0.1, 0.15) is 0 Å². The van der Waals surface area contributed by atoms with E-state index in [1.165, 1.54) is 0 Å². The summed E-state index contributed by atoms with van der Waals surface area (Å²) in [7, 11) is 0. The van der Waals surface area contributed by atoms with Crippen molar-refractivity contribution in [3.63, 3.8) is 0 Å². The first-order valence-electron chi connectivity index (χ1n) is 6.79. The van der Waals surface area contributed by atoms with Gasteiger partial charge in [0, 0.05) is 21.1 Å². The van der Waals surface area contributed by atoms with Crippen molar-refractivity contribution in [2.75, 3.05) is 0 Å².